The molecule has 1 aromatic heterocycles. The Balaban J connectivity index is 2.11. The second kappa shape index (κ2) is 3.22. The van der Waals surface area contributed by atoms with Crippen LogP contribution in [0.5, 0.6) is 0 Å². The third-order valence-electron chi connectivity index (χ3n) is 2.00. The Kier molecular flexibility index (Phi) is 1.89. The Bertz CT molecular complexity index is 477. The van der Waals surface area contributed by atoms with Gasteiger partial charge in [-0.05, 0) is 12.1 Å². The van der Waals surface area contributed by atoms with Crippen LogP contribution in [-0.4, -0.2) is 10.5 Å². The molecule has 0 fully saturated rings. The molecule has 0 amide bonds. The van der Waals surface area contributed by atoms with Gasteiger partial charge in [0.2, 0.25) is 0 Å². The standard InChI is InChI=1S/C10H7N2S2/c1-2-4-9-8(3-1)12-7-14(9)10-11-5-6-13-10/h1-6,14H. The Morgan fingerprint density at radius 2 is 2.21 bits per heavy atom. The van der Waals surface area contributed by atoms with Gasteiger partial charge in [-0.3, -0.25) is 0 Å². The van der Waals surface area contributed by atoms with Crippen molar-refractivity contribution >= 4 is 33.5 Å². The highest BCUT2D eigenvalue weighted by Gasteiger charge is 2.18. The van der Waals surface area contributed by atoms with E-state index in [0.717, 1.165) is 10.0 Å². The lowest BCUT2D eigenvalue weighted by atomic mass is 10.3. The van der Waals surface area contributed by atoms with Gasteiger partial charge >= 0.3 is 0 Å². The summed E-state index contributed by atoms with van der Waals surface area (Å²) in [6.45, 7) is 0. The van der Waals surface area contributed by atoms with Crippen LogP contribution in [0.4, 0.5) is 5.69 Å². The maximum absolute atomic E-state index is 4.32. The maximum Gasteiger partial charge on any atom is 0.139 e. The highest BCUT2D eigenvalue weighted by Crippen LogP contribution is 2.51. The monoisotopic (exact) mass is 219 g/mol. The van der Waals surface area contributed by atoms with E-state index in [-0.39, 0.29) is 0 Å². The van der Waals surface area contributed by atoms with Gasteiger partial charge in [0.25, 0.3) is 0 Å². The minimum Gasteiger partial charge on any atom is -0.239 e. The molecule has 1 aromatic carbocycles. The molecule has 14 heavy (non-hydrogen) atoms. The van der Waals surface area contributed by atoms with Gasteiger partial charge in [0.1, 0.15) is 9.89 Å². The van der Waals surface area contributed by atoms with Crippen molar-refractivity contribution in [3.05, 3.63) is 35.8 Å². The molecule has 0 N–H and O–H groups in total. The Morgan fingerprint density at radius 3 is 3.07 bits per heavy atom. The Labute approximate surface area is 88.7 Å². The smallest absolute Gasteiger partial charge is 0.139 e. The van der Waals surface area contributed by atoms with Gasteiger partial charge in [-0.15, -0.1) is 22.2 Å². The molecule has 0 saturated heterocycles. The zero-order chi connectivity index (χ0) is 9.38. The van der Waals surface area contributed by atoms with Crippen LogP contribution in [0.25, 0.3) is 0 Å². The van der Waals surface area contributed by atoms with Gasteiger partial charge in [-0.25, -0.2) is 9.98 Å². The molecule has 1 radical (unpaired) electrons. The van der Waals surface area contributed by atoms with E-state index in [0.29, 0.717) is 0 Å². The summed E-state index contributed by atoms with van der Waals surface area (Å²) < 4.78 is 1.13. The van der Waals surface area contributed by atoms with Crippen LogP contribution in [0.3, 0.4) is 0 Å². The zero-order valence-electron chi connectivity index (χ0n) is 7.21. The SMILES string of the molecule is [C]1=Nc2ccccc2[SH]1c1nccs1. The molecule has 2 heterocycles. The summed E-state index contributed by atoms with van der Waals surface area (Å²) in [7, 11) is -0.528. The van der Waals surface area contributed by atoms with Crippen molar-refractivity contribution in [1.29, 1.82) is 0 Å². The molecule has 0 aliphatic carbocycles. The number of aliphatic imine (C=N–C) groups is 1. The van der Waals surface area contributed by atoms with Crippen molar-refractivity contribution in [3.63, 3.8) is 0 Å². The van der Waals surface area contributed by atoms with Crippen LogP contribution >= 0.6 is 22.2 Å². The van der Waals surface area contributed by atoms with E-state index in [9.17, 15) is 0 Å². The molecular weight excluding hydrogens is 212 g/mol. The van der Waals surface area contributed by atoms with Gasteiger partial charge in [0.05, 0.1) is 5.69 Å². The summed E-state index contributed by atoms with van der Waals surface area (Å²) in [5, 5.41) is 2.00. The first-order valence-corrected chi connectivity index (χ1v) is 6.42. The molecule has 3 rings (SSSR count). The summed E-state index contributed by atoms with van der Waals surface area (Å²) in [6, 6.07) is 8.19. The van der Waals surface area contributed by atoms with E-state index >= 15 is 0 Å². The number of thiazole rings is 1. The minimum absolute atomic E-state index is 0.528. The lowest BCUT2D eigenvalue weighted by molar-refractivity contribution is 1.24. The van der Waals surface area contributed by atoms with Crippen LogP contribution in [0, 0.1) is 0 Å². The summed E-state index contributed by atoms with van der Waals surface area (Å²) in [5.41, 5.74) is 4.21. The fourth-order valence-electron chi connectivity index (χ4n) is 1.38. The zero-order valence-corrected chi connectivity index (χ0v) is 8.92. The third-order valence-corrected chi connectivity index (χ3v) is 5.10. The number of thiol groups is 1. The first kappa shape index (κ1) is 8.20. The average molecular weight is 219 g/mol. The fraction of sp³-hybridized carbons (Fsp3) is 0. The van der Waals surface area contributed by atoms with Crippen molar-refractivity contribution in [2.24, 2.45) is 4.99 Å². The topological polar surface area (TPSA) is 25.2 Å². The predicted molar refractivity (Wildman–Crippen MR) is 61.2 cm³/mol. The molecule has 69 valence electrons. The van der Waals surface area contributed by atoms with Crippen molar-refractivity contribution in [1.82, 2.24) is 4.98 Å². The number of rotatable bonds is 1. The van der Waals surface area contributed by atoms with E-state index in [1.54, 1.807) is 11.3 Å². The van der Waals surface area contributed by atoms with Gasteiger partial charge in [0, 0.05) is 16.5 Å². The quantitative estimate of drug-likeness (QED) is 0.732. The molecule has 1 aliphatic heterocycles. The first-order chi connectivity index (χ1) is 6.95. The number of fused-ring (bicyclic) bond motifs is 1. The van der Waals surface area contributed by atoms with Gasteiger partial charge in [0.15, 0.2) is 0 Å². The molecular formula is C10H7N2S2. The summed E-state index contributed by atoms with van der Waals surface area (Å²) in [5.74, 6) is 0. The minimum atomic E-state index is -0.528. The number of hydrogen-bond acceptors (Lipinski definition) is 3. The van der Waals surface area contributed by atoms with Crippen LogP contribution < -0.4 is 0 Å². The van der Waals surface area contributed by atoms with E-state index in [1.807, 2.05) is 29.8 Å². The fourth-order valence-corrected chi connectivity index (χ4v) is 4.14. The number of aromatic nitrogens is 1. The first-order valence-electron chi connectivity index (χ1n) is 4.20. The van der Waals surface area contributed by atoms with Crippen LogP contribution in [0.15, 0.2) is 50.1 Å². The Morgan fingerprint density at radius 1 is 1.29 bits per heavy atom. The number of hydrogen-bond donors (Lipinski definition) is 1. The average Bonchev–Trinajstić information content (AvgIpc) is 2.85. The molecule has 0 spiro atoms. The molecule has 1 unspecified atom stereocenters. The van der Waals surface area contributed by atoms with E-state index in [1.165, 1.54) is 4.90 Å². The highest BCUT2D eigenvalue weighted by atomic mass is 32.2. The lowest BCUT2D eigenvalue weighted by Gasteiger charge is -2.08. The Hall–Kier alpha value is -1.13. The van der Waals surface area contributed by atoms with Crippen molar-refractivity contribution in [2.45, 2.75) is 9.24 Å². The van der Waals surface area contributed by atoms with Crippen molar-refractivity contribution in [3.8, 4) is 0 Å². The molecule has 0 saturated carbocycles. The second-order valence-electron chi connectivity index (χ2n) is 2.85. The number of para-hydroxylation sites is 1. The maximum atomic E-state index is 4.32. The van der Waals surface area contributed by atoms with Crippen LogP contribution in [-0.2, 0) is 0 Å². The van der Waals surface area contributed by atoms with Crippen LogP contribution in [0.1, 0.15) is 0 Å². The van der Waals surface area contributed by atoms with Gasteiger partial charge in [-0.2, -0.15) is 0 Å². The van der Waals surface area contributed by atoms with Crippen molar-refractivity contribution < 1.29 is 0 Å². The second-order valence-corrected chi connectivity index (χ2v) is 5.82. The van der Waals surface area contributed by atoms with Gasteiger partial charge < -0.3 is 0 Å². The summed E-state index contributed by atoms with van der Waals surface area (Å²) in [4.78, 5) is 9.88. The molecule has 2 nitrogen and oxygen atoms in total. The predicted octanol–water partition coefficient (Wildman–Crippen LogP) is 3.11. The van der Waals surface area contributed by atoms with E-state index in [2.05, 4.69) is 21.6 Å². The molecule has 4 heteroatoms. The third kappa shape index (κ3) is 1.19. The van der Waals surface area contributed by atoms with Gasteiger partial charge in [-0.1, -0.05) is 12.1 Å². The highest BCUT2D eigenvalue weighted by molar-refractivity contribution is 8.29. The van der Waals surface area contributed by atoms with E-state index < -0.39 is 10.9 Å². The molecule has 0 bridgehead atoms. The normalized spacial score (nSPS) is 21.0. The van der Waals surface area contributed by atoms with E-state index in [4.69, 9.17) is 0 Å². The summed E-state index contributed by atoms with van der Waals surface area (Å²) >= 11 is 1.68. The number of benzene rings is 1. The molecule has 1 aliphatic rings. The summed E-state index contributed by atoms with van der Waals surface area (Å²) in [6.07, 6.45) is 1.84. The van der Waals surface area contributed by atoms with Crippen LogP contribution in [0.2, 0.25) is 0 Å². The lowest BCUT2D eigenvalue weighted by Crippen LogP contribution is -1.79. The molecule has 1 atom stereocenters. The largest absolute Gasteiger partial charge is 0.239 e. The van der Waals surface area contributed by atoms with Crippen molar-refractivity contribution in [2.75, 3.05) is 0 Å². The molecule has 2 aromatic rings. The number of nitrogens with zero attached hydrogens (tertiary/aromatic N) is 2.